The molecule has 0 aliphatic carbocycles. The molecule has 0 aliphatic rings. The first-order valence-corrected chi connectivity index (χ1v) is 21.5. The lowest BCUT2D eigenvalue weighted by molar-refractivity contribution is 0.974. The standard InChI is InChI=1S/C53H50N8O4/c1-7-60(42-28-30-46-48(32-42)52(64)56-54-50(46)62)40-24-16-36(17-25-40)44(34-12-20-38(21-13-34)58(3)4)10-9-11-45(35-14-22-39(23-15-35)59(5)6)37-18-26-41(27-19-37)61(8-2)43-29-31-47-49(33-43)53(65)57-55-51(47)63/h9-33H,7-8H2,1-6H3,(H3-,54,55,56,57,62,63,64,65)/p+1. The second-order valence-electron chi connectivity index (χ2n) is 16.1. The molecule has 4 N–H and O–H groups in total. The van der Waals surface area contributed by atoms with E-state index >= 15 is 0 Å². The first-order valence-electron chi connectivity index (χ1n) is 21.5. The summed E-state index contributed by atoms with van der Waals surface area (Å²) in [4.78, 5) is 58.4. The summed E-state index contributed by atoms with van der Waals surface area (Å²) in [6.45, 7) is 5.39. The summed E-state index contributed by atoms with van der Waals surface area (Å²) in [5, 5.41) is 11.0. The van der Waals surface area contributed by atoms with Gasteiger partial charge in [-0.15, -0.1) is 0 Å². The van der Waals surface area contributed by atoms with E-state index in [1.54, 1.807) is 24.3 Å². The van der Waals surface area contributed by atoms with Crippen molar-refractivity contribution in [2.45, 2.75) is 13.8 Å². The smallest absolute Gasteiger partial charge is 0.270 e. The molecule has 0 bridgehead atoms. The third-order valence-corrected chi connectivity index (χ3v) is 11.7. The van der Waals surface area contributed by atoms with Gasteiger partial charge in [-0.25, -0.2) is 0 Å². The lowest BCUT2D eigenvalue weighted by atomic mass is 9.90. The van der Waals surface area contributed by atoms with Crippen LogP contribution in [0.5, 0.6) is 0 Å². The van der Waals surface area contributed by atoms with E-state index in [-0.39, 0.29) is 22.2 Å². The van der Waals surface area contributed by atoms with Gasteiger partial charge in [-0.3, -0.25) is 39.6 Å². The van der Waals surface area contributed by atoms with Gasteiger partial charge in [0, 0.05) is 75.8 Å². The second-order valence-corrected chi connectivity index (χ2v) is 16.1. The van der Waals surface area contributed by atoms with Crippen LogP contribution in [0.15, 0.2) is 171 Å². The summed E-state index contributed by atoms with van der Waals surface area (Å²) in [6, 6.07) is 44.5. The molecule has 2 aromatic heterocycles. The number of aromatic nitrogens is 4. The Bertz CT molecular complexity index is 3270. The Morgan fingerprint density at radius 3 is 1.17 bits per heavy atom. The molecule has 0 unspecified atom stereocenters. The van der Waals surface area contributed by atoms with Crippen molar-refractivity contribution >= 4 is 61.2 Å². The van der Waals surface area contributed by atoms with Crippen molar-refractivity contribution in [3.05, 3.63) is 221 Å². The van der Waals surface area contributed by atoms with Gasteiger partial charge in [-0.2, -0.15) is 0 Å². The number of nitrogens with zero attached hydrogens (tertiary/aromatic N) is 4. The first-order chi connectivity index (χ1) is 31.4. The number of hydrogen-bond donors (Lipinski definition) is 4. The quantitative estimate of drug-likeness (QED) is 0.0628. The maximum Gasteiger partial charge on any atom is 0.270 e. The lowest BCUT2D eigenvalue weighted by Crippen LogP contribution is -2.20. The number of benzene rings is 6. The third-order valence-electron chi connectivity index (χ3n) is 11.7. The molecular formula is C53H51N8O4+. The van der Waals surface area contributed by atoms with Crippen LogP contribution in [-0.2, 0) is 0 Å². The first kappa shape index (κ1) is 43.4. The average Bonchev–Trinajstić information content (AvgIpc) is 3.33. The van der Waals surface area contributed by atoms with E-state index in [0.29, 0.717) is 34.6 Å². The van der Waals surface area contributed by atoms with Crippen molar-refractivity contribution in [1.29, 1.82) is 0 Å². The van der Waals surface area contributed by atoms with Gasteiger partial charge in [0.15, 0.2) is 0 Å². The fourth-order valence-electron chi connectivity index (χ4n) is 8.18. The Balaban J connectivity index is 1.15. The van der Waals surface area contributed by atoms with Crippen molar-refractivity contribution in [2.24, 2.45) is 0 Å². The minimum atomic E-state index is -0.348. The molecule has 8 aromatic rings. The molecule has 0 radical (unpaired) electrons. The van der Waals surface area contributed by atoms with Gasteiger partial charge in [0.1, 0.15) is 0 Å². The molecule has 6 aromatic carbocycles. The van der Waals surface area contributed by atoms with E-state index < -0.39 is 0 Å². The minimum Gasteiger partial charge on any atom is -0.378 e. The van der Waals surface area contributed by atoms with Crippen LogP contribution >= 0.6 is 0 Å². The van der Waals surface area contributed by atoms with Gasteiger partial charge in [-0.05, 0) is 152 Å². The summed E-state index contributed by atoms with van der Waals surface area (Å²) in [6.07, 6.45) is 6.40. The lowest BCUT2D eigenvalue weighted by Gasteiger charge is -2.24. The van der Waals surface area contributed by atoms with E-state index in [4.69, 9.17) is 0 Å². The summed E-state index contributed by atoms with van der Waals surface area (Å²) in [5.74, 6) is 1.03. The molecule has 0 saturated heterocycles. The van der Waals surface area contributed by atoms with Crippen molar-refractivity contribution in [3.8, 4) is 0 Å². The van der Waals surface area contributed by atoms with Crippen LogP contribution in [-0.4, -0.2) is 61.7 Å². The van der Waals surface area contributed by atoms with Crippen LogP contribution in [0.1, 0.15) is 36.1 Å². The molecule has 8 rings (SSSR count). The van der Waals surface area contributed by atoms with Crippen LogP contribution in [0.3, 0.4) is 0 Å². The van der Waals surface area contributed by atoms with Crippen LogP contribution in [0, 0.1) is 5.92 Å². The molecule has 12 heteroatoms. The van der Waals surface area contributed by atoms with Gasteiger partial charge < -0.3 is 19.6 Å². The molecule has 0 atom stereocenters. The highest BCUT2D eigenvalue weighted by Crippen LogP contribution is 2.34. The Morgan fingerprint density at radius 2 is 0.785 bits per heavy atom. The molecule has 2 heterocycles. The molecule has 65 heavy (non-hydrogen) atoms. The van der Waals surface area contributed by atoms with Gasteiger partial charge in [0.2, 0.25) is 0 Å². The summed E-state index contributed by atoms with van der Waals surface area (Å²) in [5.41, 5.74) is 9.52. The normalized spacial score (nSPS) is 11.6. The molecular weight excluding hydrogens is 813 g/mol. The third kappa shape index (κ3) is 9.00. The van der Waals surface area contributed by atoms with Gasteiger partial charge in [0.25, 0.3) is 22.2 Å². The number of allylic oxidation sites excluding steroid dienone is 3. The second kappa shape index (κ2) is 18.6. The van der Waals surface area contributed by atoms with Gasteiger partial charge >= 0.3 is 0 Å². The Morgan fingerprint density at radius 1 is 0.446 bits per heavy atom. The fraction of sp³-hybridized carbons (Fsp3) is 0.151. The van der Waals surface area contributed by atoms with Crippen molar-refractivity contribution < 1.29 is 0 Å². The number of aromatic amines is 4. The van der Waals surface area contributed by atoms with E-state index in [9.17, 15) is 19.2 Å². The number of nitrogens with one attached hydrogen (secondary N) is 4. The number of fused-ring (bicyclic) bond motifs is 2. The molecule has 0 fully saturated rings. The number of H-pyrrole nitrogens is 4. The van der Waals surface area contributed by atoms with E-state index in [1.807, 2.05) is 40.3 Å². The SMILES string of the molecule is CCN(c1ccc(C(=CC=C[C+](c2ccc(N(C)C)cc2)c2ccc(N(CC)c3ccc4c(=O)[nH][nH]c(=O)c4c3)cc2)c2ccc(N(C)C)cc2)cc1)c1ccc2c(=O)[nH][nH]c(=O)c2c1. The maximum atomic E-state index is 12.6. The zero-order chi connectivity index (χ0) is 45.8. The topological polar surface area (TPSA) is 144 Å². The Labute approximate surface area is 376 Å². The fourth-order valence-corrected chi connectivity index (χ4v) is 8.18. The van der Waals surface area contributed by atoms with E-state index in [2.05, 4.69) is 169 Å². The van der Waals surface area contributed by atoms with E-state index in [1.165, 1.54) is 0 Å². The minimum absolute atomic E-state index is 0.336. The molecule has 0 saturated carbocycles. The highest BCUT2D eigenvalue weighted by atomic mass is 16.2. The Kier molecular flexibility index (Phi) is 12.4. The summed E-state index contributed by atoms with van der Waals surface area (Å²) < 4.78 is 0. The molecule has 0 amide bonds. The predicted molar refractivity (Wildman–Crippen MR) is 268 cm³/mol. The van der Waals surface area contributed by atoms with Crippen LogP contribution in [0.4, 0.5) is 34.1 Å². The molecule has 0 aliphatic heterocycles. The van der Waals surface area contributed by atoms with Crippen LogP contribution in [0.25, 0.3) is 27.1 Å². The van der Waals surface area contributed by atoms with Crippen LogP contribution < -0.4 is 41.8 Å². The number of rotatable bonds is 14. The van der Waals surface area contributed by atoms with Gasteiger partial charge in [0.05, 0.1) is 44.3 Å². The van der Waals surface area contributed by atoms with Gasteiger partial charge in [-0.1, -0.05) is 24.3 Å². The molecule has 0 spiro atoms. The number of hydrogen-bond acceptors (Lipinski definition) is 8. The zero-order valence-corrected chi connectivity index (χ0v) is 37.3. The zero-order valence-electron chi connectivity index (χ0n) is 37.3. The van der Waals surface area contributed by atoms with Crippen molar-refractivity contribution in [2.75, 3.05) is 60.9 Å². The van der Waals surface area contributed by atoms with E-state index in [0.717, 1.165) is 67.9 Å². The Hall–Kier alpha value is -8.25. The molecule has 326 valence electrons. The number of anilines is 6. The van der Waals surface area contributed by atoms with Crippen molar-refractivity contribution in [1.82, 2.24) is 20.4 Å². The predicted octanol–water partition coefficient (Wildman–Crippen LogP) is 8.85. The molecule has 12 nitrogen and oxygen atoms in total. The van der Waals surface area contributed by atoms with Crippen LogP contribution in [0.2, 0.25) is 0 Å². The monoisotopic (exact) mass is 863 g/mol. The average molecular weight is 864 g/mol. The highest BCUT2D eigenvalue weighted by Gasteiger charge is 2.20. The summed E-state index contributed by atoms with van der Waals surface area (Å²) >= 11 is 0. The largest absolute Gasteiger partial charge is 0.378 e. The maximum absolute atomic E-state index is 12.6. The summed E-state index contributed by atoms with van der Waals surface area (Å²) in [7, 11) is 8.11. The van der Waals surface area contributed by atoms with Crippen molar-refractivity contribution in [3.63, 3.8) is 0 Å². The highest BCUT2D eigenvalue weighted by molar-refractivity contribution is 5.87.